The molecule has 1 unspecified atom stereocenters. The maximum Gasteiger partial charge on any atom is 0.340 e. The van der Waals surface area contributed by atoms with Crippen LogP contribution in [0.15, 0.2) is 54.6 Å². The van der Waals surface area contributed by atoms with Crippen molar-refractivity contribution in [2.45, 2.75) is 5.60 Å². The van der Waals surface area contributed by atoms with Gasteiger partial charge in [-0.3, -0.25) is 4.79 Å². The van der Waals surface area contributed by atoms with Gasteiger partial charge in [0.2, 0.25) is 0 Å². The zero-order chi connectivity index (χ0) is 20.3. The summed E-state index contributed by atoms with van der Waals surface area (Å²) in [5, 5.41) is 20.4. The van der Waals surface area contributed by atoms with Crippen LogP contribution >= 0.6 is 22.6 Å². The third kappa shape index (κ3) is 2.33. The van der Waals surface area contributed by atoms with E-state index in [2.05, 4.69) is 0 Å². The Kier molecular flexibility index (Phi) is 3.86. The van der Waals surface area contributed by atoms with E-state index in [4.69, 9.17) is 9.47 Å². The number of hydrogen-bond donors (Lipinski definition) is 2. The SMILES string of the molecule is O=C1OC2(c3ccc(O)cc3Oc3c2ccc(O)c3C(=O)CI)c2ccccc21. The lowest BCUT2D eigenvalue weighted by Crippen LogP contribution is -2.33. The van der Waals surface area contributed by atoms with E-state index in [-0.39, 0.29) is 38.8 Å². The molecule has 1 atom stereocenters. The minimum Gasteiger partial charge on any atom is -0.508 e. The number of phenols is 2. The summed E-state index contributed by atoms with van der Waals surface area (Å²) in [6.45, 7) is 0. The van der Waals surface area contributed by atoms with Gasteiger partial charge in [-0.2, -0.15) is 0 Å². The highest BCUT2D eigenvalue weighted by Gasteiger charge is 2.54. The van der Waals surface area contributed by atoms with Crippen LogP contribution in [0.3, 0.4) is 0 Å². The summed E-state index contributed by atoms with van der Waals surface area (Å²) in [6, 6.07) is 14.5. The predicted molar refractivity (Wildman–Crippen MR) is 111 cm³/mol. The van der Waals surface area contributed by atoms with Crippen molar-refractivity contribution in [1.29, 1.82) is 0 Å². The van der Waals surface area contributed by atoms with Crippen molar-refractivity contribution in [1.82, 2.24) is 0 Å². The molecule has 3 aromatic carbocycles. The number of Topliss-reactive ketones (excluding diaryl/α,β-unsaturated/α-hetero) is 1. The van der Waals surface area contributed by atoms with Crippen LogP contribution in [0, 0.1) is 0 Å². The number of aromatic hydroxyl groups is 2. The molecule has 3 aromatic rings. The third-order valence-electron chi connectivity index (χ3n) is 5.24. The molecule has 0 amide bonds. The van der Waals surface area contributed by atoms with E-state index < -0.39 is 11.6 Å². The van der Waals surface area contributed by atoms with Gasteiger partial charge in [-0.15, -0.1) is 0 Å². The smallest absolute Gasteiger partial charge is 0.340 e. The molecule has 2 N–H and O–H groups in total. The number of ether oxygens (including phenoxy) is 2. The van der Waals surface area contributed by atoms with Crippen molar-refractivity contribution < 1.29 is 29.3 Å². The second kappa shape index (κ2) is 6.21. The number of fused-ring (bicyclic) bond motifs is 6. The van der Waals surface area contributed by atoms with Crippen LogP contribution in [0.5, 0.6) is 23.0 Å². The maximum atomic E-state index is 12.7. The Bertz CT molecular complexity index is 1220. The lowest BCUT2D eigenvalue weighted by Gasteiger charge is -2.37. The Labute approximate surface area is 178 Å². The van der Waals surface area contributed by atoms with Gasteiger partial charge in [-0.1, -0.05) is 40.8 Å². The van der Waals surface area contributed by atoms with Crippen molar-refractivity contribution in [2.75, 3.05) is 4.43 Å². The summed E-state index contributed by atoms with van der Waals surface area (Å²) in [6.07, 6.45) is 0. The Morgan fingerprint density at radius 2 is 1.76 bits per heavy atom. The number of carbonyl (C=O) groups excluding carboxylic acids is 2. The summed E-state index contributed by atoms with van der Waals surface area (Å²) >= 11 is 1.92. The first-order valence-electron chi connectivity index (χ1n) is 8.77. The van der Waals surface area contributed by atoms with Gasteiger partial charge in [-0.05, 0) is 30.3 Å². The molecule has 0 aromatic heterocycles. The second-order valence-electron chi connectivity index (χ2n) is 6.79. The van der Waals surface area contributed by atoms with Crippen LogP contribution in [0.4, 0.5) is 0 Å². The Balaban J connectivity index is 1.92. The molecule has 0 aliphatic carbocycles. The minimum absolute atomic E-state index is 0.0192. The fraction of sp³-hybridized carbons (Fsp3) is 0.0909. The van der Waals surface area contributed by atoms with E-state index >= 15 is 0 Å². The Hall–Kier alpha value is -3.07. The molecule has 29 heavy (non-hydrogen) atoms. The van der Waals surface area contributed by atoms with Crippen LogP contribution in [0.2, 0.25) is 0 Å². The molecule has 0 saturated heterocycles. The van der Waals surface area contributed by atoms with E-state index in [1.54, 1.807) is 36.4 Å². The van der Waals surface area contributed by atoms with Gasteiger partial charge >= 0.3 is 5.97 Å². The quantitative estimate of drug-likeness (QED) is 0.236. The Morgan fingerprint density at radius 3 is 2.55 bits per heavy atom. The molecule has 0 bridgehead atoms. The van der Waals surface area contributed by atoms with E-state index in [0.717, 1.165) is 0 Å². The molecule has 0 saturated carbocycles. The topological polar surface area (TPSA) is 93.1 Å². The van der Waals surface area contributed by atoms with Gasteiger partial charge in [0.05, 0.1) is 9.99 Å². The molecule has 2 aliphatic rings. The molecule has 6 nitrogen and oxygen atoms in total. The van der Waals surface area contributed by atoms with Crippen molar-refractivity contribution in [3.05, 3.63) is 82.4 Å². The molecule has 0 fully saturated rings. The summed E-state index contributed by atoms with van der Waals surface area (Å²) in [7, 11) is 0. The first-order valence-corrected chi connectivity index (χ1v) is 10.3. The minimum atomic E-state index is -1.35. The van der Waals surface area contributed by atoms with Crippen LogP contribution in [-0.2, 0) is 10.3 Å². The van der Waals surface area contributed by atoms with E-state index in [0.29, 0.717) is 22.3 Å². The molecule has 5 rings (SSSR count). The fourth-order valence-electron chi connectivity index (χ4n) is 4.05. The standard InChI is InChI=1S/C22H13IO6/c23-10-17(26)19-16(25)8-7-15-20(19)28-18-9-11(24)5-6-14(18)22(15)13-4-2-1-3-12(13)21(27)29-22/h1-9,24-25H,10H2. The average Bonchev–Trinajstić information content (AvgIpc) is 3.01. The molecular weight excluding hydrogens is 487 g/mol. The maximum absolute atomic E-state index is 12.7. The molecule has 7 heteroatoms. The second-order valence-corrected chi connectivity index (χ2v) is 7.55. The number of ketones is 1. The van der Waals surface area contributed by atoms with Crippen molar-refractivity contribution in [2.24, 2.45) is 0 Å². The number of hydrogen-bond acceptors (Lipinski definition) is 6. The summed E-state index contributed by atoms with van der Waals surface area (Å²) in [5.74, 6) is -0.716. The van der Waals surface area contributed by atoms with Crippen LogP contribution < -0.4 is 4.74 Å². The van der Waals surface area contributed by atoms with Gasteiger partial charge in [0.25, 0.3) is 0 Å². The highest BCUT2D eigenvalue weighted by Crippen LogP contribution is 2.58. The number of benzene rings is 3. The highest BCUT2D eigenvalue weighted by molar-refractivity contribution is 14.1. The van der Waals surface area contributed by atoms with Gasteiger partial charge in [0.1, 0.15) is 28.6 Å². The lowest BCUT2D eigenvalue weighted by atomic mass is 9.77. The van der Waals surface area contributed by atoms with Crippen molar-refractivity contribution in [3.8, 4) is 23.0 Å². The summed E-state index contributed by atoms with van der Waals surface area (Å²) in [5.41, 5.74) is 0.665. The number of carbonyl (C=O) groups is 2. The molecule has 2 aliphatic heterocycles. The predicted octanol–water partition coefficient (Wildman–Crippen LogP) is 4.28. The van der Waals surface area contributed by atoms with Gasteiger partial charge in [0.15, 0.2) is 11.4 Å². The zero-order valence-electron chi connectivity index (χ0n) is 14.8. The number of halogens is 1. The lowest BCUT2D eigenvalue weighted by molar-refractivity contribution is 0.0224. The first-order chi connectivity index (χ1) is 14.0. The Morgan fingerprint density at radius 1 is 1.00 bits per heavy atom. The summed E-state index contributed by atoms with van der Waals surface area (Å²) < 4.78 is 12.1. The van der Waals surface area contributed by atoms with Gasteiger partial charge < -0.3 is 19.7 Å². The van der Waals surface area contributed by atoms with E-state index in [1.165, 1.54) is 18.2 Å². The highest BCUT2D eigenvalue weighted by atomic mass is 127. The normalized spacial score (nSPS) is 18.4. The van der Waals surface area contributed by atoms with Crippen LogP contribution in [0.25, 0.3) is 0 Å². The van der Waals surface area contributed by atoms with Crippen molar-refractivity contribution in [3.63, 3.8) is 0 Å². The average molecular weight is 500 g/mol. The summed E-state index contributed by atoms with van der Waals surface area (Å²) in [4.78, 5) is 25.3. The molecule has 2 heterocycles. The number of phenolic OH excluding ortho intramolecular Hbond substituents is 2. The van der Waals surface area contributed by atoms with Crippen LogP contribution in [-0.4, -0.2) is 26.4 Å². The van der Waals surface area contributed by atoms with Gasteiger partial charge in [0, 0.05) is 22.8 Å². The largest absolute Gasteiger partial charge is 0.508 e. The van der Waals surface area contributed by atoms with Crippen molar-refractivity contribution >= 4 is 34.3 Å². The van der Waals surface area contributed by atoms with E-state index in [9.17, 15) is 19.8 Å². The number of rotatable bonds is 2. The van der Waals surface area contributed by atoms with E-state index in [1.807, 2.05) is 22.6 Å². The number of esters is 1. The molecular formula is C22H13IO6. The molecule has 144 valence electrons. The molecule has 0 radical (unpaired) electrons. The number of alkyl halides is 1. The monoisotopic (exact) mass is 500 g/mol. The zero-order valence-corrected chi connectivity index (χ0v) is 17.0. The third-order valence-corrected chi connectivity index (χ3v) is 5.94. The fourth-order valence-corrected chi connectivity index (χ4v) is 4.43. The van der Waals surface area contributed by atoms with Crippen LogP contribution in [0.1, 0.15) is 37.4 Å². The van der Waals surface area contributed by atoms with Gasteiger partial charge in [-0.25, -0.2) is 4.79 Å². The molecule has 1 spiro atoms. The first kappa shape index (κ1) is 18.0.